The van der Waals surface area contributed by atoms with Gasteiger partial charge in [0.25, 0.3) is 0 Å². The molecular weight excluding hydrogens is 314 g/mol. The van der Waals surface area contributed by atoms with E-state index in [9.17, 15) is 0 Å². The lowest BCUT2D eigenvalue weighted by Crippen LogP contribution is -2.32. The summed E-state index contributed by atoms with van der Waals surface area (Å²) in [6.45, 7) is 5.62. The Kier molecular flexibility index (Phi) is 7.95. The van der Waals surface area contributed by atoms with Gasteiger partial charge in [0, 0.05) is 23.1 Å². The Bertz CT molecular complexity index is 641. The van der Waals surface area contributed by atoms with Crippen molar-refractivity contribution >= 4 is 17.7 Å². The van der Waals surface area contributed by atoms with Crippen molar-refractivity contribution in [2.24, 2.45) is 0 Å². The lowest BCUT2D eigenvalue weighted by molar-refractivity contribution is -0.0979. The van der Waals surface area contributed by atoms with Crippen LogP contribution in [0.15, 0.2) is 24.4 Å². The summed E-state index contributed by atoms with van der Waals surface area (Å²) < 4.78 is 5.38. The van der Waals surface area contributed by atoms with Crippen LogP contribution in [0.25, 0.3) is 10.9 Å². The Morgan fingerprint density at radius 3 is 2.96 bits per heavy atom. The number of aromatic nitrogens is 1. The Hall–Kier alpha value is -1.85. The van der Waals surface area contributed by atoms with Crippen molar-refractivity contribution in [1.29, 1.82) is 0 Å². The first-order valence-corrected chi connectivity index (χ1v) is 9.13. The minimum Gasteiger partial charge on any atom is -0.497 e. The van der Waals surface area contributed by atoms with E-state index in [1.54, 1.807) is 7.11 Å². The number of H-pyrrole nitrogens is 1. The first kappa shape index (κ1) is 19.5. The molecule has 2 N–H and O–H groups in total. The van der Waals surface area contributed by atoms with Crippen molar-refractivity contribution < 1.29 is 9.53 Å². The van der Waals surface area contributed by atoms with Gasteiger partial charge in [-0.3, -0.25) is 0 Å². The predicted molar refractivity (Wildman–Crippen MR) is 103 cm³/mol. The fourth-order valence-corrected chi connectivity index (χ4v) is 3.74. The minimum absolute atomic E-state index is 0.690. The maximum Gasteiger partial charge on any atom is 0.119 e. The lowest BCUT2D eigenvalue weighted by Gasteiger charge is -2.24. The van der Waals surface area contributed by atoms with Gasteiger partial charge in [0.1, 0.15) is 12.5 Å². The van der Waals surface area contributed by atoms with E-state index in [0.717, 1.165) is 18.7 Å². The number of carbonyl (C=O) groups is 1. The lowest BCUT2D eigenvalue weighted by atomic mass is 10.0. The second kappa shape index (κ2) is 10.2. The monoisotopic (exact) mass is 345 g/mol. The van der Waals surface area contributed by atoms with Crippen molar-refractivity contribution in [3.63, 3.8) is 0 Å². The number of ether oxygens (including phenoxy) is 1. The Morgan fingerprint density at radius 2 is 2.20 bits per heavy atom. The normalized spacial score (nSPS) is 17.4. The van der Waals surface area contributed by atoms with Gasteiger partial charge in [0.05, 0.1) is 7.11 Å². The number of carbonyl (C=O) groups excluding carboxylic acids is 1. The molecule has 1 aliphatic rings. The highest BCUT2D eigenvalue weighted by Gasteiger charge is 2.24. The highest BCUT2D eigenvalue weighted by Crippen LogP contribution is 2.28. The van der Waals surface area contributed by atoms with E-state index in [4.69, 9.17) is 9.53 Å². The summed E-state index contributed by atoms with van der Waals surface area (Å²) in [5, 5.41) is 4.55. The van der Waals surface area contributed by atoms with Crippen LogP contribution in [0.2, 0.25) is 0 Å². The van der Waals surface area contributed by atoms with E-state index in [-0.39, 0.29) is 0 Å². The highest BCUT2D eigenvalue weighted by molar-refractivity contribution is 5.84. The number of nitrogens with zero attached hydrogens (tertiary/aromatic N) is 1. The third kappa shape index (κ3) is 5.06. The fraction of sp³-hybridized carbons (Fsp3) is 0.550. The summed E-state index contributed by atoms with van der Waals surface area (Å²) in [7, 11) is 3.77. The number of hydrogen-bond donors (Lipinski definition) is 2. The quantitative estimate of drug-likeness (QED) is 0.722. The van der Waals surface area contributed by atoms with Crippen LogP contribution in [0.3, 0.4) is 0 Å². The molecule has 0 spiro atoms. The molecule has 0 amide bonds. The van der Waals surface area contributed by atoms with Gasteiger partial charge in [0.2, 0.25) is 0 Å². The molecule has 1 aliphatic heterocycles. The van der Waals surface area contributed by atoms with E-state index in [0.29, 0.717) is 6.04 Å². The van der Waals surface area contributed by atoms with Gasteiger partial charge in [-0.05, 0) is 82.5 Å². The molecule has 0 radical (unpaired) electrons. The summed E-state index contributed by atoms with van der Waals surface area (Å²) >= 11 is 0. The zero-order chi connectivity index (χ0) is 18.1. The summed E-state index contributed by atoms with van der Waals surface area (Å²) in [4.78, 5) is 14.1. The zero-order valence-electron chi connectivity index (χ0n) is 15.5. The molecule has 1 aromatic carbocycles. The number of aromatic amines is 1. The van der Waals surface area contributed by atoms with Crippen LogP contribution in [0.5, 0.6) is 5.75 Å². The Morgan fingerprint density at radius 1 is 1.36 bits per heavy atom. The van der Waals surface area contributed by atoms with Gasteiger partial charge < -0.3 is 24.7 Å². The van der Waals surface area contributed by atoms with Crippen molar-refractivity contribution in [3.05, 3.63) is 30.0 Å². The van der Waals surface area contributed by atoms with E-state index in [1.165, 1.54) is 55.2 Å². The van der Waals surface area contributed by atoms with Crippen molar-refractivity contribution in [1.82, 2.24) is 15.2 Å². The standard InChI is InChI=1S/C19H29N3O.CH2O/c1-20-9-3-4-10-22-11-5-6-16(22)12-15-14-21-19-8-7-17(23-2)13-18(15)19;1-2/h7-8,13-14,16,20-21H,3-6,9-12H2,1-2H3;1H2. The number of methoxy groups -OCH3 is 1. The number of rotatable bonds is 8. The minimum atomic E-state index is 0.690. The smallest absolute Gasteiger partial charge is 0.119 e. The van der Waals surface area contributed by atoms with Crippen LogP contribution in [-0.2, 0) is 11.2 Å². The van der Waals surface area contributed by atoms with Crippen molar-refractivity contribution in [2.45, 2.75) is 38.1 Å². The molecule has 0 aliphatic carbocycles. The molecule has 5 nitrogen and oxygen atoms in total. The number of unbranched alkanes of at least 4 members (excludes halogenated alkanes) is 1. The Labute approximate surface area is 150 Å². The molecule has 1 fully saturated rings. The first-order chi connectivity index (χ1) is 12.3. The van der Waals surface area contributed by atoms with Crippen LogP contribution in [0, 0.1) is 0 Å². The Balaban J connectivity index is 0.00000109. The van der Waals surface area contributed by atoms with Crippen LogP contribution >= 0.6 is 0 Å². The summed E-state index contributed by atoms with van der Waals surface area (Å²) in [5.41, 5.74) is 2.63. The SMILES string of the molecule is C=O.CNCCCCN1CCCC1Cc1c[nH]c2ccc(OC)cc12. The largest absolute Gasteiger partial charge is 0.497 e. The molecule has 25 heavy (non-hydrogen) atoms. The van der Waals surface area contributed by atoms with Gasteiger partial charge in [-0.1, -0.05) is 0 Å². The molecule has 1 unspecified atom stereocenters. The zero-order valence-corrected chi connectivity index (χ0v) is 15.5. The molecule has 1 atom stereocenters. The number of fused-ring (bicyclic) bond motifs is 1. The van der Waals surface area contributed by atoms with Crippen molar-refractivity contribution in [2.75, 3.05) is 33.8 Å². The topological polar surface area (TPSA) is 57.4 Å². The van der Waals surface area contributed by atoms with E-state index in [2.05, 4.69) is 33.5 Å². The maximum absolute atomic E-state index is 8.00. The second-order valence-corrected chi connectivity index (χ2v) is 6.57. The number of hydrogen-bond acceptors (Lipinski definition) is 4. The average Bonchev–Trinajstić information content (AvgIpc) is 3.27. The highest BCUT2D eigenvalue weighted by atomic mass is 16.5. The third-order valence-corrected chi connectivity index (χ3v) is 5.05. The maximum atomic E-state index is 8.00. The van der Waals surface area contributed by atoms with Crippen LogP contribution in [-0.4, -0.2) is 56.5 Å². The molecule has 138 valence electrons. The summed E-state index contributed by atoms with van der Waals surface area (Å²) in [6, 6.07) is 6.98. The molecular formula is C20H31N3O2. The van der Waals surface area contributed by atoms with Gasteiger partial charge in [0.15, 0.2) is 0 Å². The van der Waals surface area contributed by atoms with E-state index < -0.39 is 0 Å². The molecule has 1 aromatic heterocycles. The molecule has 2 heterocycles. The molecule has 5 heteroatoms. The third-order valence-electron chi connectivity index (χ3n) is 5.05. The number of benzene rings is 1. The van der Waals surface area contributed by atoms with E-state index >= 15 is 0 Å². The van der Waals surface area contributed by atoms with Crippen LogP contribution < -0.4 is 10.1 Å². The molecule has 0 bridgehead atoms. The number of nitrogens with one attached hydrogen (secondary N) is 2. The van der Waals surface area contributed by atoms with Gasteiger partial charge in [-0.2, -0.15) is 0 Å². The first-order valence-electron chi connectivity index (χ1n) is 9.13. The molecule has 3 rings (SSSR count). The van der Waals surface area contributed by atoms with E-state index in [1.807, 2.05) is 19.9 Å². The molecule has 2 aromatic rings. The van der Waals surface area contributed by atoms with Gasteiger partial charge in [-0.25, -0.2) is 0 Å². The van der Waals surface area contributed by atoms with Crippen LogP contribution in [0.4, 0.5) is 0 Å². The summed E-state index contributed by atoms with van der Waals surface area (Å²) in [5.74, 6) is 0.939. The van der Waals surface area contributed by atoms with Crippen LogP contribution in [0.1, 0.15) is 31.2 Å². The molecule has 1 saturated heterocycles. The van der Waals surface area contributed by atoms with Gasteiger partial charge >= 0.3 is 0 Å². The van der Waals surface area contributed by atoms with Crippen molar-refractivity contribution in [3.8, 4) is 5.75 Å². The number of likely N-dealkylation sites (tertiary alicyclic amines) is 1. The fourth-order valence-electron chi connectivity index (χ4n) is 3.74. The average molecular weight is 345 g/mol. The molecule has 0 saturated carbocycles. The summed E-state index contributed by atoms with van der Waals surface area (Å²) in [6.07, 6.45) is 8.54. The predicted octanol–water partition coefficient (Wildman–Crippen LogP) is 3.00. The van der Waals surface area contributed by atoms with Gasteiger partial charge in [-0.15, -0.1) is 0 Å². The second-order valence-electron chi connectivity index (χ2n) is 6.57.